The number of carbonyl (C=O) groups excluding carboxylic acids is 1. The molecule has 0 spiro atoms. The summed E-state index contributed by atoms with van der Waals surface area (Å²) in [5, 5.41) is 0. The number of allylic oxidation sites excluding steroid dienone is 6. The third-order valence-corrected chi connectivity index (χ3v) is 2.87. The minimum atomic E-state index is 0.241. The number of hydrogen-bond donors (Lipinski definition) is 0. The summed E-state index contributed by atoms with van der Waals surface area (Å²) in [4.78, 5) is 11.1. The SMILES string of the molecule is CCC1=C(CC(C)=O)CC=C(Br)C=C1. The van der Waals surface area contributed by atoms with Crippen molar-refractivity contribution < 1.29 is 4.79 Å². The second kappa shape index (κ2) is 5.30. The lowest BCUT2D eigenvalue weighted by molar-refractivity contribution is -0.116. The summed E-state index contributed by atoms with van der Waals surface area (Å²) in [6, 6.07) is 0. The lowest BCUT2D eigenvalue weighted by Gasteiger charge is -2.06. The molecule has 0 unspecified atom stereocenters. The van der Waals surface area contributed by atoms with Gasteiger partial charge in [0.05, 0.1) is 0 Å². The van der Waals surface area contributed by atoms with Gasteiger partial charge in [-0.15, -0.1) is 0 Å². The van der Waals surface area contributed by atoms with Crippen molar-refractivity contribution in [3.63, 3.8) is 0 Å². The third kappa shape index (κ3) is 3.26. The molecular weight excluding hydrogens is 240 g/mol. The zero-order valence-electron chi connectivity index (χ0n) is 8.64. The van der Waals surface area contributed by atoms with E-state index in [1.807, 2.05) is 6.08 Å². The first kappa shape index (κ1) is 11.4. The smallest absolute Gasteiger partial charge is 0.133 e. The van der Waals surface area contributed by atoms with Gasteiger partial charge in [-0.05, 0) is 31.4 Å². The first-order valence-electron chi connectivity index (χ1n) is 4.87. The van der Waals surface area contributed by atoms with Crippen LogP contribution in [0.3, 0.4) is 0 Å². The van der Waals surface area contributed by atoms with Gasteiger partial charge >= 0.3 is 0 Å². The maximum atomic E-state index is 11.1. The van der Waals surface area contributed by atoms with E-state index in [4.69, 9.17) is 0 Å². The second-order valence-electron chi connectivity index (χ2n) is 3.49. The van der Waals surface area contributed by atoms with Crippen LogP contribution in [-0.4, -0.2) is 5.78 Å². The summed E-state index contributed by atoms with van der Waals surface area (Å²) in [6.07, 6.45) is 8.73. The van der Waals surface area contributed by atoms with Gasteiger partial charge < -0.3 is 0 Å². The summed E-state index contributed by atoms with van der Waals surface area (Å²) >= 11 is 3.45. The van der Waals surface area contributed by atoms with Crippen LogP contribution < -0.4 is 0 Å². The number of halogens is 1. The van der Waals surface area contributed by atoms with Crippen molar-refractivity contribution in [3.05, 3.63) is 33.9 Å². The highest BCUT2D eigenvalue weighted by molar-refractivity contribution is 9.11. The van der Waals surface area contributed by atoms with E-state index in [1.54, 1.807) is 6.92 Å². The van der Waals surface area contributed by atoms with Crippen LogP contribution in [0, 0.1) is 0 Å². The Labute approximate surface area is 93.7 Å². The standard InChI is InChI=1S/C12H15BrO/c1-3-10-4-6-12(13)7-5-11(10)8-9(2)14/h4,6-7H,3,5,8H2,1-2H3. The van der Waals surface area contributed by atoms with Crippen LogP contribution in [0.5, 0.6) is 0 Å². The molecule has 2 heteroatoms. The lowest BCUT2D eigenvalue weighted by atomic mass is 9.99. The molecule has 0 aromatic rings. The molecule has 14 heavy (non-hydrogen) atoms. The first-order valence-corrected chi connectivity index (χ1v) is 5.67. The van der Waals surface area contributed by atoms with Crippen LogP contribution >= 0.6 is 15.9 Å². The molecule has 0 atom stereocenters. The van der Waals surface area contributed by atoms with Crippen molar-refractivity contribution in [2.45, 2.75) is 33.1 Å². The molecule has 0 saturated carbocycles. The van der Waals surface area contributed by atoms with Crippen molar-refractivity contribution in [3.8, 4) is 0 Å². The molecule has 0 amide bonds. The fraction of sp³-hybridized carbons (Fsp3) is 0.417. The van der Waals surface area contributed by atoms with Crippen LogP contribution in [-0.2, 0) is 4.79 Å². The van der Waals surface area contributed by atoms with Crippen LogP contribution in [0.1, 0.15) is 33.1 Å². The molecule has 0 bridgehead atoms. The van der Waals surface area contributed by atoms with Crippen LogP contribution in [0.15, 0.2) is 33.9 Å². The van der Waals surface area contributed by atoms with Gasteiger partial charge in [0.1, 0.15) is 5.78 Å². The molecule has 0 fully saturated rings. The van der Waals surface area contributed by atoms with Crippen molar-refractivity contribution in [2.75, 3.05) is 0 Å². The van der Waals surface area contributed by atoms with Gasteiger partial charge in [0, 0.05) is 10.9 Å². The molecule has 1 nitrogen and oxygen atoms in total. The van der Waals surface area contributed by atoms with Gasteiger partial charge in [-0.25, -0.2) is 0 Å². The quantitative estimate of drug-likeness (QED) is 0.747. The van der Waals surface area contributed by atoms with Crippen molar-refractivity contribution in [1.82, 2.24) is 0 Å². The van der Waals surface area contributed by atoms with E-state index in [9.17, 15) is 4.79 Å². The molecule has 76 valence electrons. The Balaban J connectivity index is 2.90. The molecule has 1 aliphatic carbocycles. The molecule has 0 N–H and O–H groups in total. The highest BCUT2D eigenvalue weighted by Crippen LogP contribution is 2.24. The van der Waals surface area contributed by atoms with E-state index in [-0.39, 0.29) is 5.78 Å². The van der Waals surface area contributed by atoms with E-state index in [2.05, 4.69) is 35.0 Å². The number of Topliss-reactive ketones (excluding diaryl/α,β-unsaturated/α-hetero) is 1. The predicted molar refractivity (Wildman–Crippen MR) is 63.4 cm³/mol. The summed E-state index contributed by atoms with van der Waals surface area (Å²) in [6.45, 7) is 3.77. The van der Waals surface area contributed by atoms with Gasteiger partial charge in [-0.3, -0.25) is 4.79 Å². The topological polar surface area (TPSA) is 17.1 Å². The number of ketones is 1. The van der Waals surface area contributed by atoms with Crippen LogP contribution in [0.25, 0.3) is 0 Å². The molecule has 0 aromatic carbocycles. The average molecular weight is 255 g/mol. The predicted octanol–water partition coefficient (Wildman–Crippen LogP) is 3.91. The monoisotopic (exact) mass is 254 g/mol. The number of carbonyl (C=O) groups is 1. The zero-order valence-corrected chi connectivity index (χ0v) is 10.2. The van der Waals surface area contributed by atoms with Gasteiger partial charge in [-0.1, -0.05) is 40.6 Å². The van der Waals surface area contributed by atoms with E-state index < -0.39 is 0 Å². The van der Waals surface area contributed by atoms with Crippen molar-refractivity contribution in [2.24, 2.45) is 0 Å². The van der Waals surface area contributed by atoms with Crippen molar-refractivity contribution >= 4 is 21.7 Å². The Bertz CT molecular complexity index is 321. The van der Waals surface area contributed by atoms with Crippen LogP contribution in [0.2, 0.25) is 0 Å². The second-order valence-corrected chi connectivity index (χ2v) is 4.40. The Morgan fingerprint density at radius 3 is 2.79 bits per heavy atom. The lowest BCUT2D eigenvalue weighted by Crippen LogP contribution is -1.96. The average Bonchev–Trinajstić information content (AvgIpc) is 2.28. The molecule has 0 aliphatic heterocycles. The van der Waals surface area contributed by atoms with E-state index in [0.717, 1.165) is 17.3 Å². The van der Waals surface area contributed by atoms with E-state index in [0.29, 0.717) is 6.42 Å². The summed E-state index contributed by atoms with van der Waals surface area (Å²) in [5.41, 5.74) is 2.55. The highest BCUT2D eigenvalue weighted by atomic mass is 79.9. The third-order valence-electron chi connectivity index (χ3n) is 2.28. The van der Waals surface area contributed by atoms with Crippen LogP contribution in [0.4, 0.5) is 0 Å². The Hall–Kier alpha value is -0.630. The molecule has 0 aromatic heterocycles. The van der Waals surface area contributed by atoms with Gasteiger partial charge in [-0.2, -0.15) is 0 Å². The summed E-state index contributed by atoms with van der Waals surface area (Å²) in [7, 11) is 0. The molecule has 0 radical (unpaired) electrons. The van der Waals surface area contributed by atoms with E-state index in [1.165, 1.54) is 11.1 Å². The number of rotatable bonds is 3. The number of hydrogen-bond acceptors (Lipinski definition) is 1. The largest absolute Gasteiger partial charge is 0.300 e. The van der Waals surface area contributed by atoms with Gasteiger partial charge in [0.2, 0.25) is 0 Å². The Morgan fingerprint density at radius 1 is 1.50 bits per heavy atom. The van der Waals surface area contributed by atoms with Crippen molar-refractivity contribution in [1.29, 1.82) is 0 Å². The summed E-state index contributed by atoms with van der Waals surface area (Å²) in [5.74, 6) is 0.241. The maximum Gasteiger partial charge on any atom is 0.133 e. The molecule has 1 aliphatic rings. The highest BCUT2D eigenvalue weighted by Gasteiger charge is 2.07. The van der Waals surface area contributed by atoms with Gasteiger partial charge in [0.15, 0.2) is 0 Å². The Kier molecular flexibility index (Phi) is 4.33. The first-order chi connectivity index (χ1) is 6.63. The minimum Gasteiger partial charge on any atom is -0.300 e. The molecular formula is C12H15BrO. The molecule has 1 rings (SSSR count). The van der Waals surface area contributed by atoms with E-state index >= 15 is 0 Å². The zero-order chi connectivity index (χ0) is 10.6. The molecule has 0 heterocycles. The maximum absolute atomic E-state index is 11.1. The molecule has 0 saturated heterocycles. The summed E-state index contributed by atoms with van der Waals surface area (Å²) < 4.78 is 1.10. The fourth-order valence-corrected chi connectivity index (χ4v) is 1.87. The Morgan fingerprint density at radius 2 is 2.21 bits per heavy atom. The van der Waals surface area contributed by atoms with Gasteiger partial charge in [0.25, 0.3) is 0 Å². The minimum absolute atomic E-state index is 0.241. The normalized spacial score (nSPS) is 16.6. The fourth-order valence-electron chi connectivity index (χ4n) is 1.57.